The van der Waals surface area contributed by atoms with Crippen molar-refractivity contribution < 1.29 is 9.59 Å². The molecule has 0 bridgehead atoms. The molecular weight excluding hydrogens is 402 g/mol. The molecule has 0 saturated carbocycles. The first-order valence-corrected chi connectivity index (χ1v) is 11.4. The number of thiazole rings is 1. The van der Waals surface area contributed by atoms with Crippen molar-refractivity contribution in [3.05, 3.63) is 71.6 Å². The van der Waals surface area contributed by atoms with E-state index < -0.39 is 0 Å². The Morgan fingerprint density at radius 2 is 1.79 bits per heavy atom. The number of hydrogen-bond acceptors (Lipinski definition) is 5. The van der Waals surface area contributed by atoms with E-state index in [1.54, 1.807) is 21.6 Å². The summed E-state index contributed by atoms with van der Waals surface area (Å²) in [6.45, 7) is 0.626. The van der Waals surface area contributed by atoms with Crippen LogP contribution in [0.1, 0.15) is 5.56 Å². The number of thioether (sulfide) groups is 1. The van der Waals surface area contributed by atoms with Crippen molar-refractivity contribution in [1.82, 2.24) is 9.88 Å². The molecule has 2 aromatic carbocycles. The van der Waals surface area contributed by atoms with Crippen LogP contribution in [0, 0.1) is 0 Å². The lowest BCUT2D eigenvalue weighted by molar-refractivity contribution is -0.131. The fourth-order valence-corrected chi connectivity index (χ4v) is 4.91. The largest absolute Gasteiger partial charge is 0.323 e. The molecule has 3 aromatic rings. The summed E-state index contributed by atoms with van der Waals surface area (Å²) < 4.78 is 0. The summed E-state index contributed by atoms with van der Waals surface area (Å²) in [5, 5.41) is 2.65. The van der Waals surface area contributed by atoms with Crippen LogP contribution in [-0.4, -0.2) is 46.4 Å². The molecule has 4 rings (SSSR count). The van der Waals surface area contributed by atoms with E-state index in [0.29, 0.717) is 23.3 Å². The monoisotopic (exact) mass is 423 g/mol. The van der Waals surface area contributed by atoms with Crippen LogP contribution in [0.3, 0.4) is 0 Å². The Morgan fingerprint density at radius 1 is 1.07 bits per heavy atom. The Kier molecular flexibility index (Phi) is 6.27. The first-order valence-electron chi connectivity index (χ1n) is 9.41. The van der Waals surface area contributed by atoms with Crippen molar-refractivity contribution in [2.45, 2.75) is 6.42 Å². The van der Waals surface area contributed by atoms with Crippen LogP contribution >= 0.6 is 23.1 Å². The van der Waals surface area contributed by atoms with E-state index in [9.17, 15) is 9.59 Å². The molecule has 0 unspecified atom stereocenters. The molecule has 0 aliphatic carbocycles. The van der Waals surface area contributed by atoms with Gasteiger partial charge in [-0.1, -0.05) is 60.7 Å². The third-order valence-corrected chi connectivity index (χ3v) is 6.52. The molecule has 0 N–H and O–H groups in total. The first-order chi connectivity index (χ1) is 14.2. The van der Waals surface area contributed by atoms with Gasteiger partial charge in [-0.25, -0.2) is 4.98 Å². The lowest BCUT2D eigenvalue weighted by Crippen LogP contribution is -2.42. The van der Waals surface area contributed by atoms with Gasteiger partial charge in [0.1, 0.15) is 6.54 Å². The molecule has 7 heteroatoms. The van der Waals surface area contributed by atoms with Gasteiger partial charge >= 0.3 is 0 Å². The Hall–Kier alpha value is -2.64. The number of nitrogens with zero attached hydrogens (tertiary/aromatic N) is 3. The van der Waals surface area contributed by atoms with Gasteiger partial charge in [0.05, 0.1) is 17.3 Å². The number of anilines is 1. The summed E-state index contributed by atoms with van der Waals surface area (Å²) in [7, 11) is 0. The molecular formula is C22H21N3O2S2. The van der Waals surface area contributed by atoms with Crippen molar-refractivity contribution in [2.75, 3.05) is 29.6 Å². The SMILES string of the molecule is O=C1CSCN1CC(=O)N(CCc1ccccc1)c1nc(-c2ccccc2)cs1. The maximum atomic E-state index is 13.1. The van der Waals surface area contributed by atoms with E-state index in [-0.39, 0.29) is 18.4 Å². The van der Waals surface area contributed by atoms with Gasteiger partial charge in [-0.15, -0.1) is 23.1 Å². The number of hydrogen-bond donors (Lipinski definition) is 0. The van der Waals surface area contributed by atoms with Crippen LogP contribution in [0.2, 0.25) is 0 Å². The standard InChI is InChI=1S/C22H21N3O2S2/c26-20(13-24-16-28-15-21(24)27)25(12-11-17-7-3-1-4-8-17)22-23-19(14-29-22)18-9-5-2-6-10-18/h1-10,14H,11-13,15-16H2. The Labute approximate surface area is 178 Å². The van der Waals surface area contributed by atoms with Gasteiger partial charge in [0.2, 0.25) is 11.8 Å². The molecule has 0 spiro atoms. The summed E-state index contributed by atoms with van der Waals surface area (Å²) in [5.74, 6) is 0.956. The minimum Gasteiger partial charge on any atom is -0.323 e. The van der Waals surface area contributed by atoms with Crippen molar-refractivity contribution >= 4 is 40.0 Å². The zero-order chi connectivity index (χ0) is 20.1. The average molecular weight is 424 g/mol. The van der Waals surface area contributed by atoms with Crippen LogP contribution in [0.15, 0.2) is 66.0 Å². The fraction of sp³-hybridized carbons (Fsp3) is 0.227. The third-order valence-electron chi connectivity index (χ3n) is 4.71. The topological polar surface area (TPSA) is 53.5 Å². The Bertz CT molecular complexity index is 976. The normalized spacial score (nSPS) is 13.7. The number of benzene rings is 2. The number of aromatic nitrogens is 1. The smallest absolute Gasteiger partial charge is 0.248 e. The zero-order valence-electron chi connectivity index (χ0n) is 15.9. The van der Waals surface area contributed by atoms with Crippen LogP contribution in [0.5, 0.6) is 0 Å². The molecule has 1 saturated heterocycles. The van der Waals surface area contributed by atoms with Gasteiger partial charge in [-0.05, 0) is 12.0 Å². The average Bonchev–Trinajstić information content (AvgIpc) is 3.39. The van der Waals surface area contributed by atoms with Crippen LogP contribution in [0.4, 0.5) is 5.13 Å². The Balaban J connectivity index is 1.54. The summed E-state index contributed by atoms with van der Waals surface area (Å²) in [4.78, 5) is 33.1. The highest BCUT2D eigenvalue weighted by Crippen LogP contribution is 2.28. The zero-order valence-corrected chi connectivity index (χ0v) is 17.5. The predicted molar refractivity (Wildman–Crippen MR) is 119 cm³/mol. The van der Waals surface area contributed by atoms with Gasteiger partial charge in [-0.3, -0.25) is 14.5 Å². The third kappa shape index (κ3) is 4.86. The highest BCUT2D eigenvalue weighted by molar-refractivity contribution is 8.00. The summed E-state index contributed by atoms with van der Waals surface area (Å²) >= 11 is 3.00. The highest BCUT2D eigenvalue weighted by atomic mass is 32.2. The molecule has 1 fully saturated rings. The number of rotatable bonds is 7. The second-order valence-electron chi connectivity index (χ2n) is 6.73. The van der Waals surface area contributed by atoms with Crippen molar-refractivity contribution in [3.8, 4) is 11.3 Å². The first kappa shape index (κ1) is 19.7. The van der Waals surface area contributed by atoms with Gasteiger partial charge in [0.25, 0.3) is 0 Å². The second-order valence-corrected chi connectivity index (χ2v) is 8.52. The molecule has 5 nitrogen and oxygen atoms in total. The lowest BCUT2D eigenvalue weighted by Gasteiger charge is -2.23. The van der Waals surface area contributed by atoms with E-state index in [4.69, 9.17) is 4.98 Å². The molecule has 2 heterocycles. The quantitative estimate of drug-likeness (QED) is 0.578. The summed E-state index contributed by atoms with van der Waals surface area (Å²) in [5.41, 5.74) is 3.05. The van der Waals surface area contributed by atoms with Gasteiger partial charge in [0.15, 0.2) is 5.13 Å². The maximum Gasteiger partial charge on any atom is 0.248 e. The molecule has 2 amide bonds. The number of carbonyl (C=O) groups is 2. The van der Waals surface area contributed by atoms with Crippen molar-refractivity contribution in [1.29, 1.82) is 0 Å². The molecule has 0 radical (unpaired) electrons. The minimum atomic E-state index is -0.0919. The van der Waals surface area contributed by atoms with Gasteiger partial charge in [-0.2, -0.15) is 0 Å². The van der Waals surface area contributed by atoms with Gasteiger partial charge < -0.3 is 4.90 Å². The predicted octanol–water partition coefficient (Wildman–Crippen LogP) is 3.92. The molecule has 29 heavy (non-hydrogen) atoms. The number of carbonyl (C=O) groups excluding carboxylic acids is 2. The van der Waals surface area contributed by atoms with Crippen LogP contribution in [-0.2, 0) is 16.0 Å². The molecule has 148 valence electrons. The van der Waals surface area contributed by atoms with E-state index in [2.05, 4.69) is 12.1 Å². The van der Waals surface area contributed by atoms with Crippen LogP contribution in [0.25, 0.3) is 11.3 Å². The molecule has 0 atom stereocenters. The molecule has 1 aliphatic rings. The van der Waals surface area contributed by atoms with Crippen LogP contribution < -0.4 is 4.90 Å². The molecule has 1 aromatic heterocycles. The van der Waals surface area contributed by atoms with E-state index in [1.807, 2.05) is 53.9 Å². The maximum absolute atomic E-state index is 13.1. The van der Waals surface area contributed by atoms with E-state index in [1.165, 1.54) is 11.3 Å². The minimum absolute atomic E-state index is 0.0236. The van der Waals surface area contributed by atoms with Crippen molar-refractivity contribution in [2.24, 2.45) is 0 Å². The summed E-state index contributed by atoms with van der Waals surface area (Å²) in [6.07, 6.45) is 0.732. The van der Waals surface area contributed by atoms with Gasteiger partial charge in [0, 0.05) is 17.5 Å². The van der Waals surface area contributed by atoms with E-state index in [0.717, 1.165) is 23.2 Å². The summed E-state index contributed by atoms with van der Waals surface area (Å²) in [6, 6.07) is 20.0. The Morgan fingerprint density at radius 3 is 2.48 bits per heavy atom. The lowest BCUT2D eigenvalue weighted by atomic mass is 10.1. The fourth-order valence-electron chi connectivity index (χ4n) is 3.13. The van der Waals surface area contributed by atoms with Crippen molar-refractivity contribution in [3.63, 3.8) is 0 Å². The second kappa shape index (κ2) is 9.24. The highest BCUT2D eigenvalue weighted by Gasteiger charge is 2.27. The molecule has 1 aliphatic heterocycles. The number of amides is 2. The van der Waals surface area contributed by atoms with E-state index >= 15 is 0 Å².